The van der Waals surface area contributed by atoms with Gasteiger partial charge >= 0.3 is 0 Å². The fraction of sp³-hybridized carbons (Fsp3) is 0.417. The number of rotatable bonds is 2. The lowest BCUT2D eigenvalue weighted by atomic mass is 10.1. The number of methoxy groups -OCH3 is 1. The molecule has 0 unspecified atom stereocenters. The average Bonchev–Trinajstić information content (AvgIpc) is 2.16. The molecule has 1 aromatic rings. The van der Waals surface area contributed by atoms with Gasteiger partial charge in [0.15, 0.2) is 5.96 Å². The first kappa shape index (κ1) is 12.4. The van der Waals surface area contributed by atoms with Crippen LogP contribution in [0.5, 0.6) is 5.75 Å². The molecule has 0 aliphatic carbocycles. The molecule has 1 rings (SSSR count). The third kappa shape index (κ3) is 4.21. The first-order valence-electron chi connectivity index (χ1n) is 5.17. The molecule has 0 bridgehead atoms. The van der Waals surface area contributed by atoms with Crippen molar-refractivity contribution in [2.45, 2.75) is 26.3 Å². The number of nitrogens with one attached hydrogen (secondary N) is 1. The minimum Gasteiger partial charge on any atom is -0.497 e. The van der Waals surface area contributed by atoms with Gasteiger partial charge in [-0.1, -0.05) is 0 Å². The summed E-state index contributed by atoms with van der Waals surface area (Å²) < 4.78 is 5.07. The average molecular weight is 221 g/mol. The highest BCUT2D eigenvalue weighted by molar-refractivity contribution is 5.92. The van der Waals surface area contributed by atoms with Crippen molar-refractivity contribution < 1.29 is 4.74 Å². The fourth-order valence-electron chi connectivity index (χ4n) is 1.21. The topological polar surface area (TPSA) is 59.6 Å². The summed E-state index contributed by atoms with van der Waals surface area (Å²) in [6.45, 7) is 5.99. The third-order valence-electron chi connectivity index (χ3n) is 1.82. The van der Waals surface area contributed by atoms with Crippen molar-refractivity contribution in [1.82, 2.24) is 0 Å². The molecule has 88 valence electrons. The number of benzene rings is 1. The summed E-state index contributed by atoms with van der Waals surface area (Å²) in [5, 5.41) is 3.02. The van der Waals surface area contributed by atoms with Gasteiger partial charge in [0, 0.05) is 5.69 Å². The van der Waals surface area contributed by atoms with Crippen LogP contribution in [0.3, 0.4) is 0 Å². The van der Waals surface area contributed by atoms with Gasteiger partial charge in [0.2, 0.25) is 0 Å². The normalized spacial score (nSPS) is 12.4. The minimum atomic E-state index is -0.177. The van der Waals surface area contributed by atoms with Gasteiger partial charge in [0.05, 0.1) is 12.6 Å². The van der Waals surface area contributed by atoms with Crippen LogP contribution in [-0.4, -0.2) is 18.6 Å². The second-order valence-corrected chi connectivity index (χ2v) is 4.52. The smallest absolute Gasteiger partial charge is 0.193 e. The minimum absolute atomic E-state index is 0.177. The van der Waals surface area contributed by atoms with Crippen LogP contribution in [0.1, 0.15) is 20.8 Å². The molecule has 0 aliphatic rings. The van der Waals surface area contributed by atoms with E-state index in [4.69, 9.17) is 10.5 Å². The van der Waals surface area contributed by atoms with E-state index in [1.54, 1.807) is 7.11 Å². The van der Waals surface area contributed by atoms with E-state index in [0.717, 1.165) is 11.4 Å². The summed E-state index contributed by atoms with van der Waals surface area (Å²) in [5.41, 5.74) is 6.49. The second kappa shape index (κ2) is 4.88. The van der Waals surface area contributed by atoms with Gasteiger partial charge in [-0.25, -0.2) is 4.99 Å². The summed E-state index contributed by atoms with van der Waals surface area (Å²) >= 11 is 0. The predicted molar refractivity (Wildman–Crippen MR) is 68.0 cm³/mol. The summed E-state index contributed by atoms with van der Waals surface area (Å²) in [6.07, 6.45) is 0. The molecule has 0 aromatic heterocycles. The Kier molecular flexibility index (Phi) is 3.77. The zero-order valence-electron chi connectivity index (χ0n) is 10.2. The molecule has 4 heteroatoms. The van der Waals surface area contributed by atoms with Crippen molar-refractivity contribution in [2.75, 3.05) is 12.4 Å². The first-order valence-corrected chi connectivity index (χ1v) is 5.17. The monoisotopic (exact) mass is 221 g/mol. The highest BCUT2D eigenvalue weighted by Crippen LogP contribution is 2.15. The van der Waals surface area contributed by atoms with Crippen LogP contribution in [0.2, 0.25) is 0 Å². The molecule has 1 aromatic carbocycles. The van der Waals surface area contributed by atoms with Gasteiger partial charge in [0.1, 0.15) is 5.75 Å². The lowest BCUT2D eigenvalue weighted by molar-refractivity contribution is 0.415. The van der Waals surface area contributed by atoms with Crippen LogP contribution >= 0.6 is 0 Å². The third-order valence-corrected chi connectivity index (χ3v) is 1.82. The summed E-state index contributed by atoms with van der Waals surface area (Å²) in [6, 6.07) is 7.52. The number of anilines is 1. The molecule has 0 spiro atoms. The second-order valence-electron chi connectivity index (χ2n) is 4.52. The van der Waals surface area contributed by atoms with E-state index in [0.29, 0.717) is 5.96 Å². The molecule has 0 aliphatic heterocycles. The van der Waals surface area contributed by atoms with Gasteiger partial charge in [-0.05, 0) is 45.0 Å². The molecular formula is C12H19N3O. The molecular weight excluding hydrogens is 202 g/mol. The number of hydrogen-bond acceptors (Lipinski definition) is 2. The Morgan fingerprint density at radius 3 is 2.25 bits per heavy atom. The van der Waals surface area contributed by atoms with Crippen LogP contribution in [0.25, 0.3) is 0 Å². The van der Waals surface area contributed by atoms with E-state index in [1.807, 2.05) is 45.0 Å². The Morgan fingerprint density at radius 2 is 1.81 bits per heavy atom. The van der Waals surface area contributed by atoms with Crippen LogP contribution in [0.15, 0.2) is 29.3 Å². The first-order chi connectivity index (χ1) is 7.40. The number of hydrogen-bond donors (Lipinski definition) is 2. The quantitative estimate of drug-likeness (QED) is 0.594. The van der Waals surface area contributed by atoms with Gasteiger partial charge in [-0.3, -0.25) is 0 Å². The number of nitrogens with two attached hydrogens (primary N) is 1. The molecule has 3 N–H and O–H groups in total. The largest absolute Gasteiger partial charge is 0.497 e. The van der Waals surface area contributed by atoms with Crippen LogP contribution in [0, 0.1) is 0 Å². The van der Waals surface area contributed by atoms with Gasteiger partial charge < -0.3 is 15.8 Å². The van der Waals surface area contributed by atoms with E-state index in [1.165, 1.54) is 0 Å². The Morgan fingerprint density at radius 1 is 1.25 bits per heavy atom. The summed E-state index contributed by atoms with van der Waals surface area (Å²) in [4.78, 5) is 4.30. The number of ether oxygens (including phenoxy) is 1. The molecule has 4 nitrogen and oxygen atoms in total. The van der Waals surface area contributed by atoms with E-state index in [2.05, 4.69) is 10.3 Å². The zero-order chi connectivity index (χ0) is 12.2. The van der Waals surface area contributed by atoms with Crippen molar-refractivity contribution in [2.24, 2.45) is 10.7 Å². The Hall–Kier alpha value is -1.71. The van der Waals surface area contributed by atoms with Crippen molar-refractivity contribution in [3.05, 3.63) is 24.3 Å². The van der Waals surface area contributed by atoms with Gasteiger partial charge in [-0.15, -0.1) is 0 Å². The molecule has 0 atom stereocenters. The molecule has 0 radical (unpaired) electrons. The lowest BCUT2D eigenvalue weighted by Gasteiger charge is -2.14. The zero-order valence-corrected chi connectivity index (χ0v) is 10.2. The van der Waals surface area contributed by atoms with Crippen molar-refractivity contribution in [3.63, 3.8) is 0 Å². The van der Waals surface area contributed by atoms with Crippen LogP contribution in [-0.2, 0) is 0 Å². The predicted octanol–water partition coefficient (Wildman–Crippen LogP) is 2.22. The fourth-order valence-corrected chi connectivity index (χ4v) is 1.21. The molecule has 0 saturated heterocycles. The molecule has 16 heavy (non-hydrogen) atoms. The Labute approximate surface area is 96.5 Å². The molecule has 0 fully saturated rings. The van der Waals surface area contributed by atoms with Gasteiger partial charge in [-0.2, -0.15) is 0 Å². The van der Waals surface area contributed by atoms with Crippen molar-refractivity contribution in [1.29, 1.82) is 0 Å². The maximum Gasteiger partial charge on any atom is 0.193 e. The van der Waals surface area contributed by atoms with E-state index >= 15 is 0 Å². The van der Waals surface area contributed by atoms with Gasteiger partial charge in [0.25, 0.3) is 0 Å². The van der Waals surface area contributed by atoms with Crippen LogP contribution in [0.4, 0.5) is 5.69 Å². The van der Waals surface area contributed by atoms with E-state index in [9.17, 15) is 0 Å². The summed E-state index contributed by atoms with van der Waals surface area (Å²) in [5.74, 6) is 1.23. The van der Waals surface area contributed by atoms with E-state index in [-0.39, 0.29) is 5.54 Å². The van der Waals surface area contributed by atoms with Crippen LogP contribution < -0.4 is 15.8 Å². The van der Waals surface area contributed by atoms with Crippen molar-refractivity contribution in [3.8, 4) is 5.75 Å². The highest BCUT2D eigenvalue weighted by atomic mass is 16.5. The maximum atomic E-state index is 5.77. The number of nitrogens with zero attached hydrogens (tertiary/aromatic N) is 1. The molecule has 0 amide bonds. The Bertz CT molecular complexity index is 363. The van der Waals surface area contributed by atoms with Crippen molar-refractivity contribution >= 4 is 11.6 Å². The SMILES string of the molecule is COc1ccc(NC(N)=NC(C)(C)C)cc1. The standard InChI is InChI=1S/C12H19N3O/c1-12(2,3)15-11(13)14-9-5-7-10(16-4)8-6-9/h5-8H,1-4H3,(H3,13,14,15). The maximum absolute atomic E-state index is 5.77. The number of aliphatic imine (C=N–C) groups is 1. The highest BCUT2D eigenvalue weighted by Gasteiger charge is 2.07. The lowest BCUT2D eigenvalue weighted by Crippen LogP contribution is -2.27. The summed E-state index contributed by atoms with van der Waals surface area (Å²) in [7, 11) is 1.64. The Balaban J connectivity index is 2.70. The molecule has 0 heterocycles. The number of guanidine groups is 1. The molecule has 0 saturated carbocycles. The van der Waals surface area contributed by atoms with E-state index < -0.39 is 0 Å².